The largest absolute Gasteiger partial charge is 0.493 e. The van der Waals surface area contributed by atoms with Crippen LogP contribution in [0.1, 0.15) is 5.56 Å². The first-order valence-electron chi connectivity index (χ1n) is 3.83. The average molecular weight is 216 g/mol. The number of ether oxygens (including phenoxy) is 2. The van der Waals surface area contributed by atoms with Crippen molar-refractivity contribution in [3.63, 3.8) is 0 Å². The van der Waals surface area contributed by atoms with E-state index in [1.54, 1.807) is 18.2 Å². The van der Waals surface area contributed by atoms with Crippen molar-refractivity contribution >= 4 is 16.8 Å². The van der Waals surface area contributed by atoms with Gasteiger partial charge in [-0.15, -0.1) is 0 Å². The summed E-state index contributed by atoms with van der Waals surface area (Å²) in [6, 6.07) is 5.12. The summed E-state index contributed by atoms with van der Waals surface area (Å²) in [5.41, 5.74) is 0.482. The van der Waals surface area contributed by atoms with Gasteiger partial charge in [-0.2, -0.15) is 0 Å². The highest BCUT2D eigenvalue weighted by Gasteiger charge is 2.12. The number of para-hydroxylation sites is 1. The standard InChI is InChI=1S/C9H10ClNO3/c1-13-7-5-3-4-6(8(7)14-2)9(10)11-12/h3-5,12H,1-2H3. The fourth-order valence-electron chi connectivity index (χ4n) is 1.10. The van der Waals surface area contributed by atoms with Crippen molar-refractivity contribution in [2.24, 2.45) is 5.16 Å². The fraction of sp³-hybridized carbons (Fsp3) is 0.222. The molecule has 0 fully saturated rings. The van der Waals surface area contributed by atoms with Crippen LogP contribution in [-0.4, -0.2) is 24.6 Å². The van der Waals surface area contributed by atoms with Gasteiger partial charge in [0.1, 0.15) is 0 Å². The maximum atomic E-state index is 8.53. The molecule has 0 heterocycles. The normalized spacial score (nSPS) is 11.2. The predicted molar refractivity (Wildman–Crippen MR) is 53.7 cm³/mol. The van der Waals surface area contributed by atoms with Crippen LogP contribution in [0.5, 0.6) is 11.5 Å². The summed E-state index contributed by atoms with van der Waals surface area (Å²) in [5.74, 6) is 0.976. The molecule has 4 nitrogen and oxygen atoms in total. The molecule has 76 valence electrons. The van der Waals surface area contributed by atoms with E-state index >= 15 is 0 Å². The molecule has 0 aliphatic carbocycles. The van der Waals surface area contributed by atoms with Crippen LogP contribution in [0.15, 0.2) is 23.4 Å². The first-order chi connectivity index (χ1) is 6.74. The molecular weight excluding hydrogens is 206 g/mol. The van der Waals surface area contributed by atoms with Crippen LogP contribution in [0.3, 0.4) is 0 Å². The Kier molecular flexibility index (Phi) is 3.59. The number of nitrogens with zero attached hydrogens (tertiary/aromatic N) is 1. The lowest BCUT2D eigenvalue weighted by atomic mass is 10.2. The molecule has 1 rings (SSSR count). The van der Waals surface area contributed by atoms with Gasteiger partial charge in [0, 0.05) is 0 Å². The molecule has 14 heavy (non-hydrogen) atoms. The Labute approximate surface area is 86.7 Å². The summed E-state index contributed by atoms with van der Waals surface area (Å²) in [5, 5.41) is 11.4. The van der Waals surface area contributed by atoms with Crippen molar-refractivity contribution in [3.8, 4) is 11.5 Å². The molecule has 1 aromatic rings. The summed E-state index contributed by atoms with van der Waals surface area (Å²) in [6.45, 7) is 0. The van der Waals surface area contributed by atoms with Crippen molar-refractivity contribution in [2.45, 2.75) is 0 Å². The Morgan fingerprint density at radius 3 is 2.57 bits per heavy atom. The Morgan fingerprint density at radius 2 is 2.07 bits per heavy atom. The van der Waals surface area contributed by atoms with Gasteiger partial charge in [0.2, 0.25) is 0 Å². The van der Waals surface area contributed by atoms with E-state index in [4.69, 9.17) is 26.3 Å². The molecule has 0 radical (unpaired) electrons. The zero-order valence-corrected chi connectivity index (χ0v) is 8.58. The van der Waals surface area contributed by atoms with Crippen molar-refractivity contribution < 1.29 is 14.7 Å². The molecule has 1 aromatic carbocycles. The minimum Gasteiger partial charge on any atom is -0.493 e. The van der Waals surface area contributed by atoms with Gasteiger partial charge in [-0.25, -0.2) is 0 Å². The molecule has 0 aromatic heterocycles. The number of methoxy groups -OCH3 is 2. The molecule has 0 amide bonds. The fourth-order valence-corrected chi connectivity index (χ4v) is 1.25. The summed E-state index contributed by atoms with van der Waals surface area (Å²) < 4.78 is 10.1. The molecule has 0 atom stereocenters. The third-order valence-corrected chi connectivity index (χ3v) is 1.99. The van der Waals surface area contributed by atoms with Gasteiger partial charge in [-0.3, -0.25) is 0 Å². The minimum atomic E-state index is -0.0410. The number of halogens is 1. The lowest BCUT2D eigenvalue weighted by molar-refractivity contribution is 0.320. The summed E-state index contributed by atoms with van der Waals surface area (Å²) in [6.07, 6.45) is 0. The first-order valence-corrected chi connectivity index (χ1v) is 4.21. The third-order valence-electron chi connectivity index (χ3n) is 1.71. The maximum Gasteiger partial charge on any atom is 0.179 e. The van der Waals surface area contributed by atoms with Crippen LogP contribution >= 0.6 is 11.6 Å². The molecule has 0 spiro atoms. The van der Waals surface area contributed by atoms with E-state index in [-0.39, 0.29) is 5.17 Å². The number of hydrogen-bond donors (Lipinski definition) is 1. The zero-order chi connectivity index (χ0) is 10.6. The summed E-state index contributed by atoms with van der Waals surface area (Å²) in [4.78, 5) is 0. The van der Waals surface area contributed by atoms with E-state index in [0.717, 1.165) is 0 Å². The van der Waals surface area contributed by atoms with Crippen LogP contribution in [0, 0.1) is 0 Å². The highest BCUT2D eigenvalue weighted by Crippen LogP contribution is 2.31. The number of rotatable bonds is 3. The highest BCUT2D eigenvalue weighted by molar-refractivity contribution is 6.69. The molecular formula is C9H10ClNO3. The maximum absolute atomic E-state index is 8.53. The highest BCUT2D eigenvalue weighted by atomic mass is 35.5. The van der Waals surface area contributed by atoms with Gasteiger partial charge >= 0.3 is 0 Å². The van der Waals surface area contributed by atoms with E-state index < -0.39 is 0 Å². The SMILES string of the molecule is COc1cccc(C(Cl)=NO)c1OC. The Hall–Kier alpha value is -1.42. The van der Waals surface area contributed by atoms with Crippen LogP contribution in [-0.2, 0) is 0 Å². The van der Waals surface area contributed by atoms with E-state index in [0.29, 0.717) is 17.1 Å². The lowest BCUT2D eigenvalue weighted by Gasteiger charge is -2.10. The van der Waals surface area contributed by atoms with E-state index in [9.17, 15) is 0 Å². The topological polar surface area (TPSA) is 51.0 Å². The predicted octanol–water partition coefficient (Wildman–Crippen LogP) is 2.08. The Balaban J connectivity index is 3.29. The number of oxime groups is 1. The smallest absolute Gasteiger partial charge is 0.179 e. The molecule has 0 saturated heterocycles. The lowest BCUT2D eigenvalue weighted by Crippen LogP contribution is -1.99. The average Bonchev–Trinajstić information content (AvgIpc) is 2.26. The van der Waals surface area contributed by atoms with Crippen molar-refractivity contribution in [1.82, 2.24) is 0 Å². The molecule has 0 unspecified atom stereocenters. The molecule has 5 heteroatoms. The monoisotopic (exact) mass is 215 g/mol. The van der Waals surface area contributed by atoms with Gasteiger partial charge in [0.15, 0.2) is 16.7 Å². The first kappa shape index (κ1) is 10.7. The molecule has 0 aliphatic heterocycles. The number of hydrogen-bond acceptors (Lipinski definition) is 4. The van der Waals surface area contributed by atoms with Crippen molar-refractivity contribution in [3.05, 3.63) is 23.8 Å². The second kappa shape index (κ2) is 4.72. The molecule has 1 N–H and O–H groups in total. The third kappa shape index (κ3) is 1.90. The van der Waals surface area contributed by atoms with Crippen LogP contribution in [0.4, 0.5) is 0 Å². The molecule has 0 bridgehead atoms. The zero-order valence-electron chi connectivity index (χ0n) is 7.82. The van der Waals surface area contributed by atoms with Crippen LogP contribution in [0.25, 0.3) is 0 Å². The van der Waals surface area contributed by atoms with Gasteiger partial charge in [0.25, 0.3) is 0 Å². The molecule has 0 saturated carbocycles. The van der Waals surface area contributed by atoms with Crippen LogP contribution < -0.4 is 9.47 Å². The Bertz CT molecular complexity index is 352. The second-order valence-corrected chi connectivity index (χ2v) is 2.79. The quantitative estimate of drug-likeness (QED) is 0.477. The van der Waals surface area contributed by atoms with Crippen molar-refractivity contribution in [1.29, 1.82) is 0 Å². The minimum absolute atomic E-state index is 0.0410. The van der Waals surface area contributed by atoms with E-state index in [1.165, 1.54) is 14.2 Å². The van der Waals surface area contributed by atoms with E-state index in [2.05, 4.69) is 5.16 Å². The van der Waals surface area contributed by atoms with Gasteiger partial charge < -0.3 is 14.7 Å². The van der Waals surface area contributed by atoms with Crippen LogP contribution in [0.2, 0.25) is 0 Å². The number of benzene rings is 1. The second-order valence-electron chi connectivity index (χ2n) is 2.43. The van der Waals surface area contributed by atoms with Gasteiger partial charge in [-0.05, 0) is 12.1 Å². The van der Waals surface area contributed by atoms with Gasteiger partial charge in [0.05, 0.1) is 19.8 Å². The van der Waals surface area contributed by atoms with Crippen molar-refractivity contribution in [2.75, 3.05) is 14.2 Å². The van der Waals surface area contributed by atoms with E-state index in [1.807, 2.05) is 0 Å². The summed E-state index contributed by atoms with van der Waals surface area (Å²) >= 11 is 5.67. The Morgan fingerprint density at radius 1 is 1.36 bits per heavy atom. The van der Waals surface area contributed by atoms with Gasteiger partial charge in [-0.1, -0.05) is 22.8 Å². The summed E-state index contributed by atoms with van der Waals surface area (Å²) in [7, 11) is 3.01. The molecule has 0 aliphatic rings.